The average Bonchev–Trinajstić information content (AvgIpc) is 2.48. The second-order valence-electron chi connectivity index (χ2n) is 5.44. The van der Waals surface area contributed by atoms with Crippen LogP contribution in [-0.4, -0.2) is 35.8 Å². The molecule has 0 aliphatic carbocycles. The molecule has 1 fully saturated rings. The maximum absolute atomic E-state index is 12.1. The number of benzene rings is 1. The molecule has 4 nitrogen and oxygen atoms in total. The molecule has 1 saturated heterocycles. The summed E-state index contributed by atoms with van der Waals surface area (Å²) >= 11 is 3.33. The highest BCUT2D eigenvalue weighted by Gasteiger charge is 2.22. The van der Waals surface area contributed by atoms with Crippen LogP contribution in [0.1, 0.15) is 43.0 Å². The average molecular weight is 353 g/mol. The molecule has 1 aromatic rings. The standard InChI is InChI=1S/C16H21BrN2O2/c1-12-4-2-3-11-19(12)15(20)9-10-18-16(21)13-5-7-14(17)8-6-13/h5-8,12H,2-4,9-11H2,1H3,(H,18,21). The minimum Gasteiger partial charge on any atom is -0.352 e. The van der Waals surface area contributed by atoms with Crippen LogP contribution in [-0.2, 0) is 4.79 Å². The minimum absolute atomic E-state index is 0.137. The molecule has 1 heterocycles. The second kappa shape index (κ2) is 7.59. The third-order valence-electron chi connectivity index (χ3n) is 3.85. The fraction of sp³-hybridized carbons (Fsp3) is 0.500. The zero-order chi connectivity index (χ0) is 15.2. The molecule has 1 atom stereocenters. The smallest absolute Gasteiger partial charge is 0.251 e. The molecule has 1 aromatic carbocycles. The van der Waals surface area contributed by atoms with E-state index >= 15 is 0 Å². The molecule has 0 saturated carbocycles. The van der Waals surface area contributed by atoms with Crippen molar-refractivity contribution < 1.29 is 9.59 Å². The van der Waals surface area contributed by atoms with Gasteiger partial charge in [0.1, 0.15) is 0 Å². The van der Waals surface area contributed by atoms with Gasteiger partial charge in [-0.05, 0) is 50.5 Å². The van der Waals surface area contributed by atoms with Gasteiger partial charge < -0.3 is 10.2 Å². The van der Waals surface area contributed by atoms with E-state index < -0.39 is 0 Å². The molecule has 0 bridgehead atoms. The third-order valence-corrected chi connectivity index (χ3v) is 4.38. The first-order valence-corrected chi connectivity index (χ1v) is 8.20. The van der Waals surface area contributed by atoms with Gasteiger partial charge in [-0.1, -0.05) is 15.9 Å². The van der Waals surface area contributed by atoms with Crippen molar-refractivity contribution in [2.75, 3.05) is 13.1 Å². The highest BCUT2D eigenvalue weighted by molar-refractivity contribution is 9.10. The van der Waals surface area contributed by atoms with Gasteiger partial charge in [0, 0.05) is 35.6 Å². The van der Waals surface area contributed by atoms with E-state index in [1.54, 1.807) is 12.1 Å². The highest BCUT2D eigenvalue weighted by Crippen LogP contribution is 2.17. The fourth-order valence-corrected chi connectivity index (χ4v) is 2.86. The van der Waals surface area contributed by atoms with Crippen molar-refractivity contribution in [3.05, 3.63) is 34.3 Å². The molecule has 1 aliphatic rings. The molecular formula is C16H21BrN2O2. The summed E-state index contributed by atoms with van der Waals surface area (Å²) in [6, 6.07) is 7.50. The Morgan fingerprint density at radius 1 is 1.29 bits per heavy atom. The lowest BCUT2D eigenvalue weighted by Crippen LogP contribution is -2.43. The van der Waals surface area contributed by atoms with E-state index in [-0.39, 0.29) is 11.8 Å². The van der Waals surface area contributed by atoms with Crippen LogP contribution in [0.25, 0.3) is 0 Å². The zero-order valence-electron chi connectivity index (χ0n) is 12.3. The number of hydrogen-bond acceptors (Lipinski definition) is 2. The van der Waals surface area contributed by atoms with Gasteiger partial charge in [0.15, 0.2) is 0 Å². The largest absolute Gasteiger partial charge is 0.352 e. The van der Waals surface area contributed by atoms with E-state index in [0.717, 1.165) is 23.9 Å². The molecule has 5 heteroatoms. The number of nitrogens with zero attached hydrogens (tertiary/aromatic N) is 1. The van der Waals surface area contributed by atoms with Crippen molar-refractivity contribution in [1.29, 1.82) is 0 Å². The summed E-state index contributed by atoms with van der Waals surface area (Å²) in [6.07, 6.45) is 3.73. The van der Waals surface area contributed by atoms with Crippen molar-refractivity contribution in [3.63, 3.8) is 0 Å². The molecule has 114 valence electrons. The Balaban J connectivity index is 1.77. The molecular weight excluding hydrogens is 332 g/mol. The van der Waals surface area contributed by atoms with Crippen LogP contribution in [0.5, 0.6) is 0 Å². The predicted molar refractivity (Wildman–Crippen MR) is 86.1 cm³/mol. The number of nitrogens with one attached hydrogen (secondary N) is 1. The molecule has 2 amide bonds. The predicted octanol–water partition coefficient (Wildman–Crippen LogP) is 2.97. The lowest BCUT2D eigenvalue weighted by atomic mass is 10.0. The van der Waals surface area contributed by atoms with Gasteiger partial charge in [-0.15, -0.1) is 0 Å². The number of likely N-dealkylation sites (tertiary alicyclic amines) is 1. The summed E-state index contributed by atoms with van der Waals surface area (Å²) in [4.78, 5) is 26.0. The molecule has 21 heavy (non-hydrogen) atoms. The first-order valence-electron chi connectivity index (χ1n) is 7.41. The Morgan fingerprint density at radius 3 is 2.67 bits per heavy atom. The number of rotatable bonds is 4. The van der Waals surface area contributed by atoms with Crippen LogP contribution >= 0.6 is 15.9 Å². The van der Waals surface area contributed by atoms with Gasteiger partial charge >= 0.3 is 0 Å². The van der Waals surface area contributed by atoms with Gasteiger partial charge in [-0.2, -0.15) is 0 Å². The molecule has 0 spiro atoms. The number of hydrogen-bond donors (Lipinski definition) is 1. The topological polar surface area (TPSA) is 49.4 Å². The van der Waals surface area contributed by atoms with E-state index in [4.69, 9.17) is 0 Å². The summed E-state index contributed by atoms with van der Waals surface area (Å²) in [5, 5.41) is 2.80. The van der Waals surface area contributed by atoms with E-state index in [1.165, 1.54) is 6.42 Å². The Bertz CT molecular complexity index is 502. The number of halogens is 1. The highest BCUT2D eigenvalue weighted by atomic mass is 79.9. The van der Waals surface area contributed by atoms with Gasteiger partial charge in [0.05, 0.1) is 0 Å². The first kappa shape index (κ1) is 16.0. The summed E-state index contributed by atoms with van der Waals surface area (Å²) in [5.41, 5.74) is 0.608. The molecule has 0 radical (unpaired) electrons. The van der Waals surface area contributed by atoms with E-state index in [1.807, 2.05) is 17.0 Å². The normalized spacial score (nSPS) is 18.4. The van der Waals surface area contributed by atoms with Crippen molar-refractivity contribution in [1.82, 2.24) is 10.2 Å². The van der Waals surface area contributed by atoms with Crippen molar-refractivity contribution in [2.45, 2.75) is 38.6 Å². The molecule has 2 rings (SSSR count). The van der Waals surface area contributed by atoms with Crippen molar-refractivity contribution in [2.24, 2.45) is 0 Å². The molecule has 1 aliphatic heterocycles. The quantitative estimate of drug-likeness (QED) is 0.905. The van der Waals surface area contributed by atoms with E-state index in [0.29, 0.717) is 24.6 Å². The number of piperidine rings is 1. The molecule has 0 aromatic heterocycles. The van der Waals surface area contributed by atoms with Crippen LogP contribution in [0, 0.1) is 0 Å². The van der Waals surface area contributed by atoms with Crippen LogP contribution in [0.15, 0.2) is 28.7 Å². The van der Waals surface area contributed by atoms with Gasteiger partial charge in [-0.25, -0.2) is 0 Å². The Kier molecular flexibility index (Phi) is 5.79. The van der Waals surface area contributed by atoms with Crippen molar-refractivity contribution >= 4 is 27.7 Å². The summed E-state index contributed by atoms with van der Waals surface area (Å²) in [6.45, 7) is 3.33. The van der Waals surface area contributed by atoms with Gasteiger partial charge in [0.2, 0.25) is 5.91 Å². The number of amides is 2. The minimum atomic E-state index is -0.137. The van der Waals surface area contributed by atoms with Gasteiger partial charge in [0.25, 0.3) is 5.91 Å². The fourth-order valence-electron chi connectivity index (χ4n) is 2.60. The van der Waals surface area contributed by atoms with E-state index in [2.05, 4.69) is 28.2 Å². The monoisotopic (exact) mass is 352 g/mol. The van der Waals surface area contributed by atoms with Gasteiger partial charge in [-0.3, -0.25) is 9.59 Å². The molecule has 1 N–H and O–H groups in total. The maximum Gasteiger partial charge on any atom is 0.251 e. The summed E-state index contributed by atoms with van der Waals surface area (Å²) < 4.78 is 0.938. The molecule has 1 unspecified atom stereocenters. The summed E-state index contributed by atoms with van der Waals surface area (Å²) in [5.74, 6) is 0.000277. The second-order valence-corrected chi connectivity index (χ2v) is 6.36. The van der Waals surface area contributed by atoms with Crippen LogP contribution in [0.4, 0.5) is 0 Å². The Hall–Kier alpha value is -1.36. The third kappa shape index (κ3) is 4.56. The summed E-state index contributed by atoms with van der Waals surface area (Å²) in [7, 11) is 0. The maximum atomic E-state index is 12.1. The lowest BCUT2D eigenvalue weighted by molar-refractivity contribution is -0.134. The van der Waals surface area contributed by atoms with Crippen molar-refractivity contribution in [3.8, 4) is 0 Å². The Labute approximate surface area is 134 Å². The van der Waals surface area contributed by atoms with E-state index in [9.17, 15) is 9.59 Å². The van der Waals surface area contributed by atoms with Crippen LogP contribution in [0.3, 0.4) is 0 Å². The zero-order valence-corrected chi connectivity index (χ0v) is 13.9. The van der Waals surface area contributed by atoms with Crippen LogP contribution < -0.4 is 5.32 Å². The number of carbonyl (C=O) groups excluding carboxylic acids is 2. The first-order chi connectivity index (χ1) is 10.1. The lowest BCUT2D eigenvalue weighted by Gasteiger charge is -2.33. The number of carbonyl (C=O) groups is 2. The Morgan fingerprint density at radius 2 is 2.00 bits per heavy atom. The SMILES string of the molecule is CC1CCCCN1C(=O)CCNC(=O)c1ccc(Br)cc1. The van der Waals surface area contributed by atoms with Crippen LogP contribution in [0.2, 0.25) is 0 Å².